The Morgan fingerprint density at radius 1 is 1.30 bits per heavy atom. The van der Waals surface area contributed by atoms with Crippen molar-refractivity contribution in [2.75, 3.05) is 12.8 Å². The highest BCUT2D eigenvalue weighted by molar-refractivity contribution is 7.90. The van der Waals surface area contributed by atoms with E-state index in [-0.39, 0.29) is 11.0 Å². The monoisotopic (exact) mass is 388 g/mol. The van der Waals surface area contributed by atoms with Crippen LogP contribution in [-0.2, 0) is 29.3 Å². The SMILES string of the molecule is CS(=O)(=O)c1ncc2c(n1)CCN(Cc1cc(-c3cccc(F)c3)no1)C2. The van der Waals surface area contributed by atoms with Gasteiger partial charge in [-0.25, -0.2) is 22.8 Å². The highest BCUT2D eigenvalue weighted by Gasteiger charge is 2.22. The Labute approximate surface area is 155 Å². The Morgan fingerprint density at radius 2 is 2.15 bits per heavy atom. The van der Waals surface area contributed by atoms with E-state index in [2.05, 4.69) is 20.0 Å². The van der Waals surface area contributed by atoms with Gasteiger partial charge in [0.15, 0.2) is 5.76 Å². The molecule has 0 atom stereocenters. The Balaban J connectivity index is 1.48. The predicted octanol–water partition coefficient (Wildman–Crippen LogP) is 2.23. The Bertz CT molecular complexity index is 1100. The molecule has 0 aliphatic carbocycles. The number of hydrogen-bond acceptors (Lipinski definition) is 7. The van der Waals surface area contributed by atoms with Gasteiger partial charge in [0.2, 0.25) is 15.0 Å². The minimum atomic E-state index is -3.41. The lowest BCUT2D eigenvalue weighted by Crippen LogP contribution is -2.31. The zero-order valence-corrected chi connectivity index (χ0v) is 15.4. The summed E-state index contributed by atoms with van der Waals surface area (Å²) < 4.78 is 41.9. The van der Waals surface area contributed by atoms with Gasteiger partial charge in [-0.05, 0) is 12.1 Å². The highest BCUT2D eigenvalue weighted by atomic mass is 32.2. The van der Waals surface area contributed by atoms with E-state index in [1.165, 1.54) is 12.1 Å². The third-order valence-electron chi connectivity index (χ3n) is 4.38. The molecular weight excluding hydrogens is 371 g/mol. The van der Waals surface area contributed by atoms with E-state index >= 15 is 0 Å². The van der Waals surface area contributed by atoms with Gasteiger partial charge in [0.05, 0.1) is 12.2 Å². The van der Waals surface area contributed by atoms with Crippen molar-refractivity contribution in [1.29, 1.82) is 0 Å². The maximum absolute atomic E-state index is 13.4. The van der Waals surface area contributed by atoms with Crippen LogP contribution in [0.5, 0.6) is 0 Å². The van der Waals surface area contributed by atoms with Gasteiger partial charge in [0, 0.05) is 49.2 Å². The molecule has 0 saturated carbocycles. The molecule has 1 aliphatic rings. The summed E-state index contributed by atoms with van der Waals surface area (Å²) in [5.74, 6) is 0.351. The van der Waals surface area contributed by atoms with Crippen molar-refractivity contribution in [3.63, 3.8) is 0 Å². The van der Waals surface area contributed by atoms with Gasteiger partial charge in [-0.15, -0.1) is 0 Å². The van der Waals surface area contributed by atoms with Gasteiger partial charge in [-0.3, -0.25) is 4.90 Å². The number of benzene rings is 1. The molecule has 0 radical (unpaired) electrons. The summed E-state index contributed by atoms with van der Waals surface area (Å²) in [6.45, 7) is 1.84. The van der Waals surface area contributed by atoms with Gasteiger partial charge in [0.1, 0.15) is 11.5 Å². The molecule has 3 heterocycles. The number of hydrogen-bond donors (Lipinski definition) is 0. The van der Waals surface area contributed by atoms with E-state index < -0.39 is 9.84 Å². The number of rotatable bonds is 4. The average Bonchev–Trinajstić information content (AvgIpc) is 3.09. The number of nitrogens with zero attached hydrogens (tertiary/aromatic N) is 4. The molecule has 1 aromatic carbocycles. The highest BCUT2D eigenvalue weighted by Crippen LogP contribution is 2.23. The summed E-state index contributed by atoms with van der Waals surface area (Å²) in [5, 5.41) is 3.88. The van der Waals surface area contributed by atoms with Crippen molar-refractivity contribution in [1.82, 2.24) is 20.0 Å². The molecule has 140 valence electrons. The first-order chi connectivity index (χ1) is 12.9. The second-order valence-electron chi connectivity index (χ2n) is 6.55. The molecule has 27 heavy (non-hydrogen) atoms. The van der Waals surface area contributed by atoms with Gasteiger partial charge < -0.3 is 4.52 Å². The Kier molecular flexibility index (Phi) is 4.48. The van der Waals surface area contributed by atoms with Crippen LogP contribution >= 0.6 is 0 Å². The van der Waals surface area contributed by atoms with E-state index in [9.17, 15) is 12.8 Å². The van der Waals surface area contributed by atoms with Crippen molar-refractivity contribution in [2.45, 2.75) is 24.7 Å². The molecule has 9 heteroatoms. The van der Waals surface area contributed by atoms with Crippen molar-refractivity contribution in [2.24, 2.45) is 0 Å². The van der Waals surface area contributed by atoms with Gasteiger partial charge in [-0.1, -0.05) is 17.3 Å². The van der Waals surface area contributed by atoms with Crippen LogP contribution in [0.1, 0.15) is 17.0 Å². The molecule has 1 aliphatic heterocycles. The molecule has 7 nitrogen and oxygen atoms in total. The predicted molar refractivity (Wildman–Crippen MR) is 94.9 cm³/mol. The summed E-state index contributed by atoms with van der Waals surface area (Å²) in [7, 11) is -3.41. The molecule has 0 bridgehead atoms. The second kappa shape index (κ2) is 6.82. The van der Waals surface area contributed by atoms with Crippen molar-refractivity contribution >= 4 is 9.84 Å². The third-order valence-corrected chi connectivity index (χ3v) is 5.24. The summed E-state index contributed by atoms with van der Waals surface area (Å²) >= 11 is 0. The lowest BCUT2D eigenvalue weighted by molar-refractivity contribution is 0.212. The van der Waals surface area contributed by atoms with Gasteiger partial charge in [-0.2, -0.15) is 0 Å². The van der Waals surface area contributed by atoms with Crippen LogP contribution in [-0.4, -0.2) is 41.2 Å². The molecule has 0 fully saturated rings. The van der Waals surface area contributed by atoms with E-state index in [4.69, 9.17) is 4.52 Å². The van der Waals surface area contributed by atoms with Crippen LogP contribution in [0.2, 0.25) is 0 Å². The topological polar surface area (TPSA) is 89.2 Å². The van der Waals surface area contributed by atoms with E-state index in [0.29, 0.717) is 43.1 Å². The van der Waals surface area contributed by atoms with Gasteiger partial charge >= 0.3 is 0 Å². The van der Waals surface area contributed by atoms with Crippen LogP contribution in [0.25, 0.3) is 11.3 Å². The lowest BCUT2D eigenvalue weighted by Gasteiger charge is -2.26. The van der Waals surface area contributed by atoms with Crippen LogP contribution < -0.4 is 0 Å². The van der Waals surface area contributed by atoms with Crippen LogP contribution in [0, 0.1) is 5.82 Å². The molecule has 2 aromatic heterocycles. The average molecular weight is 388 g/mol. The zero-order valence-electron chi connectivity index (χ0n) is 14.6. The first-order valence-electron chi connectivity index (χ1n) is 8.37. The third kappa shape index (κ3) is 3.88. The fourth-order valence-corrected chi connectivity index (χ4v) is 3.58. The molecule has 3 aromatic rings. The Hall–Kier alpha value is -2.65. The van der Waals surface area contributed by atoms with Gasteiger partial charge in [0.25, 0.3) is 0 Å². The van der Waals surface area contributed by atoms with Crippen LogP contribution in [0.4, 0.5) is 4.39 Å². The number of aromatic nitrogens is 3. The normalized spacial score (nSPS) is 14.9. The molecule has 0 unspecified atom stereocenters. The summed E-state index contributed by atoms with van der Waals surface area (Å²) in [5.41, 5.74) is 2.91. The Morgan fingerprint density at radius 3 is 2.93 bits per heavy atom. The number of fused-ring (bicyclic) bond motifs is 1. The van der Waals surface area contributed by atoms with Crippen LogP contribution in [0.3, 0.4) is 0 Å². The summed E-state index contributed by atoms with van der Waals surface area (Å²) in [6.07, 6.45) is 3.30. The smallest absolute Gasteiger partial charge is 0.246 e. The maximum Gasteiger partial charge on any atom is 0.246 e. The molecule has 4 rings (SSSR count). The number of halogens is 1. The van der Waals surface area contributed by atoms with E-state index in [1.54, 1.807) is 24.4 Å². The van der Waals surface area contributed by atoms with Crippen molar-refractivity contribution in [3.8, 4) is 11.3 Å². The summed E-state index contributed by atoms with van der Waals surface area (Å²) in [4.78, 5) is 10.3. The largest absolute Gasteiger partial charge is 0.359 e. The molecule has 0 N–H and O–H groups in total. The minimum Gasteiger partial charge on any atom is -0.359 e. The first kappa shape index (κ1) is 17.7. The first-order valence-corrected chi connectivity index (χ1v) is 10.3. The number of sulfone groups is 1. The van der Waals surface area contributed by atoms with E-state index in [0.717, 1.165) is 17.5 Å². The zero-order chi connectivity index (χ0) is 19.0. The summed E-state index contributed by atoms with van der Waals surface area (Å²) in [6, 6.07) is 8.00. The molecule has 0 saturated heterocycles. The standard InChI is InChI=1S/C18H17FN4O3S/c1-27(24,25)18-20-9-13-10-23(6-5-16(13)21-18)11-15-8-17(22-26-15)12-3-2-4-14(19)7-12/h2-4,7-9H,5-6,10-11H2,1H3. The molecule has 0 amide bonds. The van der Waals surface area contributed by atoms with Crippen molar-refractivity contribution in [3.05, 3.63) is 59.4 Å². The fraction of sp³-hybridized carbons (Fsp3) is 0.278. The van der Waals surface area contributed by atoms with Crippen molar-refractivity contribution < 1.29 is 17.3 Å². The quantitative estimate of drug-likeness (QED) is 0.633. The second-order valence-corrected chi connectivity index (χ2v) is 8.46. The van der Waals surface area contributed by atoms with E-state index in [1.807, 2.05) is 0 Å². The lowest BCUT2D eigenvalue weighted by atomic mass is 10.1. The minimum absolute atomic E-state index is 0.135. The molecular formula is C18H17FN4O3S. The fourth-order valence-electron chi connectivity index (χ4n) is 3.06. The van der Waals surface area contributed by atoms with Crippen LogP contribution in [0.15, 0.2) is 46.2 Å². The molecule has 0 spiro atoms. The maximum atomic E-state index is 13.4.